The van der Waals surface area contributed by atoms with Crippen molar-refractivity contribution >= 4 is 40.9 Å². The number of nitrogens with one attached hydrogen (secondary N) is 1. The van der Waals surface area contributed by atoms with Crippen LogP contribution in [0, 0.1) is 5.82 Å². The second-order valence-corrected chi connectivity index (χ2v) is 9.56. The molecule has 0 saturated carbocycles. The van der Waals surface area contributed by atoms with Crippen molar-refractivity contribution in [2.45, 2.75) is 25.9 Å². The monoisotopic (exact) mass is 592 g/mol. The van der Waals surface area contributed by atoms with Gasteiger partial charge in [-0.15, -0.1) is 0 Å². The van der Waals surface area contributed by atoms with Crippen LogP contribution in [0.5, 0.6) is 11.5 Å². The fraction of sp³-hybridized carbons (Fsp3) is 0.310. The van der Waals surface area contributed by atoms with Gasteiger partial charge in [0.25, 0.3) is 0 Å². The third-order valence-electron chi connectivity index (χ3n) is 5.70. The molecule has 0 bridgehead atoms. The summed E-state index contributed by atoms with van der Waals surface area (Å²) in [5, 5.41) is 12.8. The summed E-state index contributed by atoms with van der Waals surface area (Å²) in [6, 6.07) is 17.3. The van der Waals surface area contributed by atoms with E-state index in [1.807, 2.05) is 0 Å². The molecule has 1 unspecified atom stereocenters. The van der Waals surface area contributed by atoms with Gasteiger partial charge in [-0.1, -0.05) is 47.5 Å². The lowest BCUT2D eigenvalue weighted by molar-refractivity contribution is -0.149. The predicted molar refractivity (Wildman–Crippen MR) is 152 cm³/mol. The van der Waals surface area contributed by atoms with Gasteiger partial charge in [-0.25, -0.2) is 14.0 Å². The van der Waals surface area contributed by atoms with Crippen LogP contribution in [-0.4, -0.2) is 61.0 Å². The van der Waals surface area contributed by atoms with E-state index in [9.17, 15) is 19.1 Å². The number of hydrogen-bond acceptors (Lipinski definition) is 5. The van der Waals surface area contributed by atoms with Crippen LogP contribution < -0.4 is 14.8 Å². The average molecular weight is 593 g/mol. The second-order valence-electron chi connectivity index (χ2n) is 8.68. The lowest BCUT2D eigenvalue weighted by atomic mass is 10.1. The number of benzene rings is 3. The third-order valence-corrected chi connectivity index (χ3v) is 6.13. The minimum absolute atomic E-state index is 0.0746. The Kier molecular flexibility index (Phi) is 12.3. The third kappa shape index (κ3) is 10.2. The summed E-state index contributed by atoms with van der Waals surface area (Å²) < 4.78 is 30.9. The number of carboxylic acid groups (broad SMARTS) is 1. The number of nitrogens with zero attached hydrogens (tertiary/aromatic N) is 1. The maximum Gasteiger partial charge on any atom is 0.333 e. The van der Waals surface area contributed by atoms with E-state index in [0.29, 0.717) is 47.7 Å². The molecule has 11 heteroatoms. The molecule has 0 heterocycles. The molecule has 0 aliphatic carbocycles. The number of anilines is 1. The van der Waals surface area contributed by atoms with E-state index in [4.69, 9.17) is 37.4 Å². The summed E-state index contributed by atoms with van der Waals surface area (Å²) in [5.41, 5.74) is 0.866. The van der Waals surface area contributed by atoms with E-state index in [1.165, 1.54) is 17.0 Å². The van der Waals surface area contributed by atoms with Crippen molar-refractivity contribution < 1.29 is 33.3 Å². The molecule has 8 nitrogen and oxygen atoms in total. The van der Waals surface area contributed by atoms with E-state index in [2.05, 4.69) is 5.32 Å². The molecule has 3 rings (SSSR count). The first-order valence-corrected chi connectivity index (χ1v) is 13.5. The number of rotatable bonds is 15. The van der Waals surface area contributed by atoms with E-state index >= 15 is 0 Å². The Morgan fingerprint density at radius 3 is 2.27 bits per heavy atom. The Balaban J connectivity index is 1.56. The minimum atomic E-state index is -1.02. The summed E-state index contributed by atoms with van der Waals surface area (Å²) in [6.07, 6.45) is -0.205. The number of amides is 2. The highest BCUT2D eigenvalue weighted by atomic mass is 35.5. The van der Waals surface area contributed by atoms with Crippen molar-refractivity contribution in [3.8, 4) is 11.5 Å². The fourth-order valence-electron chi connectivity index (χ4n) is 3.76. The number of carboxylic acids is 1. The number of urea groups is 1. The zero-order valence-electron chi connectivity index (χ0n) is 21.9. The van der Waals surface area contributed by atoms with E-state index in [0.717, 1.165) is 5.56 Å². The van der Waals surface area contributed by atoms with Crippen LogP contribution in [0.4, 0.5) is 14.9 Å². The highest BCUT2D eigenvalue weighted by Crippen LogP contribution is 2.24. The molecule has 1 atom stereocenters. The Bertz CT molecular complexity index is 1240. The number of halogens is 3. The maximum atomic E-state index is 14.1. The number of hydrogen-bond donors (Lipinski definition) is 2. The molecular formula is C29H31Cl2FN2O6. The first kappa shape index (κ1) is 31.0. The molecule has 0 saturated heterocycles. The molecule has 0 aliphatic rings. The van der Waals surface area contributed by atoms with Crippen LogP contribution in [0.15, 0.2) is 66.7 Å². The van der Waals surface area contributed by atoms with E-state index in [1.54, 1.807) is 61.5 Å². The van der Waals surface area contributed by atoms with E-state index in [-0.39, 0.29) is 25.3 Å². The van der Waals surface area contributed by atoms with Gasteiger partial charge in [-0.2, -0.15) is 0 Å². The number of para-hydroxylation sites is 1. The molecule has 0 aliphatic heterocycles. The van der Waals surface area contributed by atoms with Crippen LogP contribution in [0.3, 0.4) is 0 Å². The number of aliphatic carboxylic acids is 1. The lowest BCUT2D eigenvalue weighted by Gasteiger charge is -2.23. The smallest absolute Gasteiger partial charge is 0.333 e. The van der Waals surface area contributed by atoms with Crippen molar-refractivity contribution in [2.24, 2.45) is 0 Å². The van der Waals surface area contributed by atoms with Gasteiger partial charge >= 0.3 is 12.0 Å². The Labute approximate surface area is 242 Å². The molecule has 3 aromatic carbocycles. The molecule has 2 N–H and O–H groups in total. The highest BCUT2D eigenvalue weighted by Gasteiger charge is 2.18. The van der Waals surface area contributed by atoms with Crippen molar-refractivity contribution in [3.63, 3.8) is 0 Å². The van der Waals surface area contributed by atoms with Crippen molar-refractivity contribution in [3.05, 3.63) is 88.2 Å². The molecule has 0 spiro atoms. The van der Waals surface area contributed by atoms with Crippen molar-refractivity contribution in [1.82, 2.24) is 4.90 Å². The average Bonchev–Trinajstić information content (AvgIpc) is 2.91. The van der Waals surface area contributed by atoms with E-state index < -0.39 is 23.9 Å². The van der Waals surface area contributed by atoms with Gasteiger partial charge in [0.1, 0.15) is 23.9 Å². The molecule has 214 valence electrons. The van der Waals surface area contributed by atoms with Gasteiger partial charge in [-0.05, 0) is 61.4 Å². The summed E-state index contributed by atoms with van der Waals surface area (Å²) >= 11 is 12.0. The normalized spacial score (nSPS) is 11.5. The highest BCUT2D eigenvalue weighted by molar-refractivity contribution is 6.34. The van der Waals surface area contributed by atoms with Crippen LogP contribution in [0.25, 0.3) is 0 Å². The molecule has 40 heavy (non-hydrogen) atoms. The molecule has 3 aromatic rings. The summed E-state index contributed by atoms with van der Waals surface area (Å²) in [6.45, 7) is 3.05. The fourth-order valence-corrected chi connectivity index (χ4v) is 4.26. The first-order chi connectivity index (χ1) is 19.2. The molecule has 0 fully saturated rings. The van der Waals surface area contributed by atoms with Crippen LogP contribution in [0.1, 0.15) is 18.9 Å². The number of ether oxygens (including phenoxy) is 3. The molecule has 0 aromatic heterocycles. The molecule has 0 radical (unpaired) electrons. The second kappa shape index (κ2) is 15.9. The van der Waals surface area contributed by atoms with Crippen molar-refractivity contribution in [1.29, 1.82) is 0 Å². The Morgan fingerprint density at radius 1 is 0.950 bits per heavy atom. The van der Waals surface area contributed by atoms with Crippen molar-refractivity contribution in [2.75, 3.05) is 38.2 Å². The summed E-state index contributed by atoms with van der Waals surface area (Å²) in [7, 11) is 0. The summed E-state index contributed by atoms with van der Waals surface area (Å²) in [4.78, 5) is 25.8. The minimum Gasteiger partial charge on any atom is -0.493 e. The quantitative estimate of drug-likeness (QED) is 0.194. The SMILES string of the molecule is CCOC(Cc1ccc(OCCN(CCCOc2cc(Cl)cc(Cl)c2)C(=O)Nc2ccccc2F)cc1)C(=O)O. The van der Waals surface area contributed by atoms with Gasteiger partial charge in [0.05, 0.1) is 18.8 Å². The Morgan fingerprint density at radius 2 is 1.62 bits per heavy atom. The topological polar surface area (TPSA) is 97.3 Å². The van der Waals surface area contributed by atoms with Gasteiger partial charge in [0.15, 0.2) is 6.10 Å². The molecular weight excluding hydrogens is 562 g/mol. The maximum absolute atomic E-state index is 14.1. The van der Waals surface area contributed by atoms with Crippen LogP contribution in [-0.2, 0) is 16.0 Å². The lowest BCUT2D eigenvalue weighted by Crippen LogP contribution is -2.39. The predicted octanol–water partition coefficient (Wildman–Crippen LogP) is 6.55. The Hall–Kier alpha value is -3.53. The standard InChI is InChI=1S/C29H31Cl2FN2O6/c1-2-38-27(28(35)36)16-20-8-10-23(11-9-20)40-15-13-34(29(37)33-26-7-4-3-6-25(26)32)12-5-14-39-24-18-21(30)17-22(31)19-24/h3-4,6-11,17-19,27H,2,5,12-16H2,1H3,(H,33,37)(H,35,36). The number of carbonyl (C=O) groups is 2. The van der Waals surface area contributed by atoms with Crippen LogP contribution >= 0.6 is 23.2 Å². The number of carbonyl (C=O) groups excluding carboxylic acids is 1. The van der Waals surface area contributed by atoms with Gasteiger partial charge in [0.2, 0.25) is 0 Å². The van der Waals surface area contributed by atoms with Gasteiger partial charge < -0.3 is 29.5 Å². The van der Waals surface area contributed by atoms with Gasteiger partial charge in [-0.3, -0.25) is 0 Å². The van der Waals surface area contributed by atoms with Crippen LogP contribution in [0.2, 0.25) is 10.0 Å². The largest absolute Gasteiger partial charge is 0.493 e. The zero-order valence-corrected chi connectivity index (χ0v) is 23.5. The summed E-state index contributed by atoms with van der Waals surface area (Å²) in [5.74, 6) is -0.481. The van der Waals surface area contributed by atoms with Gasteiger partial charge in [0, 0.05) is 29.6 Å². The first-order valence-electron chi connectivity index (χ1n) is 12.7. The zero-order chi connectivity index (χ0) is 28.9. The molecule has 2 amide bonds.